The smallest absolute Gasteiger partial charge is 0.0714 e. The van der Waals surface area contributed by atoms with Gasteiger partial charge in [-0.1, -0.05) is 19.4 Å². The summed E-state index contributed by atoms with van der Waals surface area (Å²) in [5, 5.41) is 1.18. The maximum atomic E-state index is 4.39. The number of nitrogens with zero attached hydrogens (tertiary/aromatic N) is 1. The molecule has 1 nitrogen and oxygen atoms in total. The molecular weight excluding hydrogens is 330 g/mol. The van der Waals surface area contributed by atoms with Gasteiger partial charge in [0.15, 0.2) is 0 Å². The first-order valence-corrected chi connectivity index (χ1v) is 7.03. The summed E-state index contributed by atoms with van der Waals surface area (Å²) in [4.78, 5) is 4.39. The lowest BCUT2D eigenvalue weighted by Crippen LogP contribution is -1.87. The normalized spacial score (nSPS) is 10.9. The second kappa shape index (κ2) is 5.28. The summed E-state index contributed by atoms with van der Waals surface area (Å²) in [6.45, 7) is 2.22. The SMILES string of the molecule is CCCCc1ccc2ncc(Br)c(Br)c2c1. The lowest BCUT2D eigenvalue weighted by molar-refractivity contribution is 0.796. The number of pyridine rings is 1. The third-order valence-electron chi connectivity index (χ3n) is 2.64. The van der Waals surface area contributed by atoms with Gasteiger partial charge in [-0.3, -0.25) is 4.98 Å². The monoisotopic (exact) mass is 341 g/mol. The van der Waals surface area contributed by atoms with Gasteiger partial charge in [0.25, 0.3) is 0 Å². The Balaban J connectivity index is 2.47. The molecule has 0 bridgehead atoms. The van der Waals surface area contributed by atoms with Crippen molar-refractivity contribution in [2.24, 2.45) is 0 Å². The highest BCUT2D eigenvalue weighted by atomic mass is 79.9. The van der Waals surface area contributed by atoms with Crippen LogP contribution in [0.5, 0.6) is 0 Å². The van der Waals surface area contributed by atoms with Crippen molar-refractivity contribution < 1.29 is 0 Å². The van der Waals surface area contributed by atoms with E-state index in [1.54, 1.807) is 0 Å². The molecule has 3 heteroatoms. The zero-order valence-electron chi connectivity index (χ0n) is 9.13. The molecule has 0 N–H and O–H groups in total. The summed E-state index contributed by atoms with van der Waals surface area (Å²) in [7, 11) is 0. The molecule has 84 valence electrons. The first-order valence-electron chi connectivity index (χ1n) is 5.45. The van der Waals surface area contributed by atoms with Gasteiger partial charge in [0.1, 0.15) is 0 Å². The Hall–Kier alpha value is -0.410. The summed E-state index contributed by atoms with van der Waals surface area (Å²) in [6, 6.07) is 6.50. The molecular formula is C13H13Br2N. The molecule has 2 rings (SSSR count). The van der Waals surface area contributed by atoms with E-state index in [1.807, 2.05) is 6.20 Å². The third-order valence-corrected chi connectivity index (χ3v) is 4.63. The van der Waals surface area contributed by atoms with Crippen molar-refractivity contribution in [3.05, 3.63) is 38.9 Å². The first-order chi connectivity index (χ1) is 7.72. The summed E-state index contributed by atoms with van der Waals surface area (Å²) in [6.07, 6.45) is 5.45. The van der Waals surface area contributed by atoms with Crippen LogP contribution >= 0.6 is 31.9 Å². The molecule has 0 saturated heterocycles. The largest absolute Gasteiger partial charge is 0.255 e. The molecule has 0 aliphatic rings. The quantitative estimate of drug-likeness (QED) is 0.755. The summed E-state index contributed by atoms with van der Waals surface area (Å²) in [5.41, 5.74) is 2.42. The van der Waals surface area contributed by atoms with Gasteiger partial charge in [-0.2, -0.15) is 0 Å². The number of rotatable bonds is 3. The number of benzene rings is 1. The molecule has 16 heavy (non-hydrogen) atoms. The van der Waals surface area contributed by atoms with E-state index in [9.17, 15) is 0 Å². The van der Waals surface area contributed by atoms with Crippen molar-refractivity contribution in [3.8, 4) is 0 Å². The van der Waals surface area contributed by atoms with Crippen LogP contribution in [0.4, 0.5) is 0 Å². The van der Waals surface area contributed by atoms with Crippen molar-refractivity contribution in [1.82, 2.24) is 4.98 Å². The van der Waals surface area contributed by atoms with Crippen molar-refractivity contribution in [2.45, 2.75) is 26.2 Å². The number of halogens is 2. The van der Waals surface area contributed by atoms with Crippen LogP contribution in [0.1, 0.15) is 25.3 Å². The number of unbranched alkanes of at least 4 members (excludes halogenated alkanes) is 1. The highest BCUT2D eigenvalue weighted by Gasteiger charge is 2.05. The van der Waals surface area contributed by atoms with Gasteiger partial charge in [0.05, 0.1) is 9.99 Å². The molecule has 0 saturated carbocycles. The van der Waals surface area contributed by atoms with E-state index in [0.29, 0.717) is 0 Å². The van der Waals surface area contributed by atoms with Gasteiger partial charge < -0.3 is 0 Å². The predicted molar refractivity (Wildman–Crippen MR) is 75.8 cm³/mol. The Morgan fingerprint density at radius 3 is 2.81 bits per heavy atom. The molecule has 0 unspecified atom stereocenters. The van der Waals surface area contributed by atoms with Crippen molar-refractivity contribution in [2.75, 3.05) is 0 Å². The average molecular weight is 343 g/mol. The standard InChI is InChI=1S/C13H13Br2N/c1-2-3-4-9-5-6-12-10(7-9)13(15)11(14)8-16-12/h5-8H,2-4H2,1H3. The number of hydrogen-bond donors (Lipinski definition) is 0. The van der Waals surface area contributed by atoms with Gasteiger partial charge in [0.2, 0.25) is 0 Å². The van der Waals surface area contributed by atoms with Crippen LogP contribution in [-0.4, -0.2) is 4.98 Å². The lowest BCUT2D eigenvalue weighted by atomic mass is 10.1. The van der Waals surface area contributed by atoms with E-state index in [4.69, 9.17) is 0 Å². The van der Waals surface area contributed by atoms with Crippen molar-refractivity contribution in [3.63, 3.8) is 0 Å². The minimum atomic E-state index is 1.01. The molecule has 0 atom stereocenters. The summed E-state index contributed by atoms with van der Waals surface area (Å²) < 4.78 is 2.10. The highest BCUT2D eigenvalue weighted by Crippen LogP contribution is 2.30. The molecule has 1 aromatic carbocycles. The second-order valence-corrected chi connectivity index (χ2v) is 5.52. The molecule has 0 aliphatic heterocycles. The maximum absolute atomic E-state index is 4.39. The Labute approximate surface area is 113 Å². The molecule has 2 aromatic rings. The number of fused-ring (bicyclic) bond motifs is 1. The van der Waals surface area contributed by atoms with Crippen LogP contribution in [0.15, 0.2) is 33.3 Å². The molecule has 0 fully saturated rings. The molecule has 0 aliphatic carbocycles. The topological polar surface area (TPSA) is 12.9 Å². The first kappa shape index (κ1) is 12.1. The fourth-order valence-electron chi connectivity index (χ4n) is 1.72. The van der Waals surface area contributed by atoms with E-state index in [2.05, 4.69) is 62.0 Å². The van der Waals surface area contributed by atoms with E-state index in [1.165, 1.54) is 23.8 Å². The van der Waals surface area contributed by atoms with Gasteiger partial charge in [-0.25, -0.2) is 0 Å². The lowest BCUT2D eigenvalue weighted by Gasteiger charge is -2.05. The Morgan fingerprint density at radius 2 is 2.06 bits per heavy atom. The van der Waals surface area contributed by atoms with E-state index >= 15 is 0 Å². The van der Waals surface area contributed by atoms with E-state index in [0.717, 1.165) is 20.9 Å². The van der Waals surface area contributed by atoms with Gasteiger partial charge >= 0.3 is 0 Å². The highest BCUT2D eigenvalue weighted by molar-refractivity contribution is 9.13. The van der Waals surface area contributed by atoms with Crippen LogP contribution in [0.2, 0.25) is 0 Å². The predicted octanol–water partition coefficient (Wildman–Crippen LogP) is 5.10. The van der Waals surface area contributed by atoms with E-state index in [-0.39, 0.29) is 0 Å². The van der Waals surface area contributed by atoms with Crippen LogP contribution in [0, 0.1) is 0 Å². The third kappa shape index (κ3) is 2.46. The molecule has 1 aromatic heterocycles. The number of aryl methyl sites for hydroxylation is 1. The minimum absolute atomic E-state index is 1.01. The Morgan fingerprint density at radius 1 is 1.25 bits per heavy atom. The van der Waals surface area contributed by atoms with Crippen LogP contribution in [-0.2, 0) is 6.42 Å². The fraction of sp³-hybridized carbons (Fsp3) is 0.308. The van der Waals surface area contributed by atoms with E-state index < -0.39 is 0 Å². The summed E-state index contributed by atoms with van der Waals surface area (Å²) in [5.74, 6) is 0. The number of hydrogen-bond acceptors (Lipinski definition) is 1. The van der Waals surface area contributed by atoms with Crippen molar-refractivity contribution >= 4 is 42.8 Å². The van der Waals surface area contributed by atoms with Gasteiger partial charge in [-0.15, -0.1) is 0 Å². The summed E-state index contributed by atoms with van der Waals surface area (Å²) >= 11 is 7.08. The minimum Gasteiger partial charge on any atom is -0.255 e. The molecule has 0 radical (unpaired) electrons. The molecule has 0 amide bonds. The van der Waals surface area contributed by atoms with Gasteiger partial charge in [0, 0.05) is 16.1 Å². The second-order valence-electron chi connectivity index (χ2n) is 3.88. The Bertz CT molecular complexity index is 509. The zero-order chi connectivity index (χ0) is 11.5. The van der Waals surface area contributed by atoms with Crippen LogP contribution in [0.25, 0.3) is 10.9 Å². The fourth-order valence-corrected chi connectivity index (χ4v) is 2.46. The molecule has 1 heterocycles. The Kier molecular flexibility index (Phi) is 3.98. The zero-order valence-corrected chi connectivity index (χ0v) is 12.3. The maximum Gasteiger partial charge on any atom is 0.0714 e. The van der Waals surface area contributed by atoms with Crippen molar-refractivity contribution in [1.29, 1.82) is 0 Å². The molecule has 0 spiro atoms. The number of aromatic nitrogens is 1. The van der Waals surface area contributed by atoms with Gasteiger partial charge in [-0.05, 0) is 62.4 Å². The average Bonchev–Trinajstić information content (AvgIpc) is 2.31. The van der Waals surface area contributed by atoms with Crippen LogP contribution in [0.3, 0.4) is 0 Å². The van der Waals surface area contributed by atoms with Crippen LogP contribution < -0.4 is 0 Å².